The fourth-order valence-corrected chi connectivity index (χ4v) is 1.64. The molecule has 2 rings (SSSR count). The van der Waals surface area contributed by atoms with E-state index >= 15 is 0 Å². The molecular weight excluding hydrogens is 208 g/mol. The Morgan fingerprint density at radius 1 is 1.06 bits per heavy atom. The molecule has 1 heterocycles. The van der Waals surface area contributed by atoms with Gasteiger partial charge in [0.2, 0.25) is 0 Å². The molecule has 0 aliphatic rings. The average molecular weight is 222 g/mol. The number of benzene rings is 1. The molecule has 2 heteroatoms. The lowest BCUT2D eigenvalue weighted by atomic mass is 10.0. The van der Waals surface area contributed by atoms with Crippen LogP contribution in [-0.2, 0) is 6.42 Å². The minimum atomic E-state index is 0.905. The first-order valence-corrected chi connectivity index (χ1v) is 5.53. The van der Waals surface area contributed by atoms with Crippen LogP contribution in [0.25, 0.3) is 6.08 Å². The molecule has 0 atom stereocenters. The molecule has 1 aromatic heterocycles. The van der Waals surface area contributed by atoms with Crippen LogP contribution < -0.4 is 0 Å². The average Bonchev–Trinajstić information content (AvgIpc) is 2.39. The van der Waals surface area contributed by atoms with Crippen LogP contribution in [0.1, 0.15) is 16.7 Å². The maximum Gasteiger partial charge on any atom is 0.0303 e. The van der Waals surface area contributed by atoms with Crippen molar-refractivity contribution in [1.29, 1.82) is 5.41 Å². The molecule has 0 saturated carbocycles. The second kappa shape index (κ2) is 5.75. The molecule has 2 nitrogen and oxygen atoms in total. The molecular formula is C15H14N2. The van der Waals surface area contributed by atoms with Crippen LogP contribution in [0.4, 0.5) is 0 Å². The van der Waals surface area contributed by atoms with Crippen LogP contribution in [0.3, 0.4) is 0 Å². The van der Waals surface area contributed by atoms with Gasteiger partial charge in [0.1, 0.15) is 0 Å². The molecule has 0 spiro atoms. The lowest BCUT2D eigenvalue weighted by Crippen LogP contribution is -1.88. The van der Waals surface area contributed by atoms with Crippen molar-refractivity contribution in [2.24, 2.45) is 0 Å². The summed E-state index contributed by atoms with van der Waals surface area (Å²) in [5.74, 6) is 0. The Morgan fingerprint density at radius 3 is 2.53 bits per heavy atom. The summed E-state index contributed by atoms with van der Waals surface area (Å²) in [6.45, 7) is 0. The molecule has 84 valence electrons. The Balaban J connectivity index is 2.08. The van der Waals surface area contributed by atoms with Crippen LogP contribution in [0.2, 0.25) is 0 Å². The highest BCUT2D eigenvalue weighted by Crippen LogP contribution is 2.10. The van der Waals surface area contributed by atoms with Gasteiger partial charge in [0, 0.05) is 18.6 Å². The summed E-state index contributed by atoms with van der Waals surface area (Å²) in [4.78, 5) is 4.10. The summed E-state index contributed by atoms with van der Waals surface area (Å²) in [6.07, 6.45) is 9.50. The van der Waals surface area contributed by atoms with Gasteiger partial charge in [-0.25, -0.2) is 0 Å². The Bertz CT molecular complexity index is 498. The lowest BCUT2D eigenvalue weighted by Gasteiger charge is -2.01. The Morgan fingerprint density at radius 2 is 1.88 bits per heavy atom. The number of nitrogens with one attached hydrogen (secondary N) is 1. The van der Waals surface area contributed by atoms with E-state index in [2.05, 4.69) is 35.3 Å². The van der Waals surface area contributed by atoms with Gasteiger partial charge < -0.3 is 5.41 Å². The largest absolute Gasteiger partial charge is 0.309 e. The summed E-state index contributed by atoms with van der Waals surface area (Å²) in [5, 5.41) is 6.92. The molecule has 0 radical (unpaired) electrons. The van der Waals surface area contributed by atoms with Crippen molar-refractivity contribution >= 4 is 12.3 Å². The molecule has 0 amide bonds. The van der Waals surface area contributed by atoms with Crippen molar-refractivity contribution in [3.8, 4) is 0 Å². The molecule has 1 aromatic carbocycles. The number of rotatable bonds is 4. The highest BCUT2D eigenvalue weighted by atomic mass is 14.6. The van der Waals surface area contributed by atoms with Crippen LogP contribution in [0.15, 0.2) is 54.9 Å². The monoisotopic (exact) mass is 222 g/mol. The summed E-state index contributed by atoms with van der Waals surface area (Å²) in [7, 11) is 0. The van der Waals surface area contributed by atoms with Crippen molar-refractivity contribution < 1.29 is 0 Å². The summed E-state index contributed by atoms with van der Waals surface area (Å²) in [5.41, 5.74) is 3.60. The molecule has 0 aliphatic heterocycles. The molecule has 0 aliphatic carbocycles. The fourth-order valence-electron chi connectivity index (χ4n) is 1.64. The van der Waals surface area contributed by atoms with E-state index in [9.17, 15) is 0 Å². The van der Waals surface area contributed by atoms with Crippen molar-refractivity contribution in [2.75, 3.05) is 0 Å². The van der Waals surface area contributed by atoms with Crippen molar-refractivity contribution in [2.45, 2.75) is 6.42 Å². The maximum absolute atomic E-state index is 6.92. The van der Waals surface area contributed by atoms with Gasteiger partial charge in [0.25, 0.3) is 0 Å². The fraction of sp³-hybridized carbons (Fsp3) is 0.0667. The number of pyridine rings is 1. The van der Waals surface area contributed by atoms with Gasteiger partial charge >= 0.3 is 0 Å². The van der Waals surface area contributed by atoms with Crippen LogP contribution in [-0.4, -0.2) is 11.2 Å². The van der Waals surface area contributed by atoms with Gasteiger partial charge in [-0.15, -0.1) is 0 Å². The normalized spacial score (nSPS) is 10.6. The minimum Gasteiger partial charge on any atom is -0.309 e. The molecule has 0 fully saturated rings. The van der Waals surface area contributed by atoms with Crippen molar-refractivity contribution in [3.05, 3.63) is 71.6 Å². The molecule has 17 heavy (non-hydrogen) atoms. The van der Waals surface area contributed by atoms with E-state index in [1.165, 1.54) is 17.3 Å². The predicted molar refractivity (Wildman–Crippen MR) is 71.3 cm³/mol. The first-order chi connectivity index (χ1) is 8.38. The second-order valence-electron chi connectivity index (χ2n) is 3.81. The van der Waals surface area contributed by atoms with E-state index in [-0.39, 0.29) is 0 Å². The zero-order valence-corrected chi connectivity index (χ0v) is 9.51. The Labute approximate surface area is 101 Å². The van der Waals surface area contributed by atoms with E-state index in [1.807, 2.05) is 18.3 Å². The van der Waals surface area contributed by atoms with Crippen LogP contribution in [0, 0.1) is 5.41 Å². The maximum atomic E-state index is 6.92. The van der Waals surface area contributed by atoms with E-state index in [0.29, 0.717) is 0 Å². The quantitative estimate of drug-likeness (QED) is 0.791. The SMILES string of the molecule is N=C/C=C/c1ccc(Cc2cccnc2)cc1. The second-order valence-corrected chi connectivity index (χ2v) is 3.81. The molecule has 0 unspecified atom stereocenters. The number of aromatic nitrogens is 1. The summed E-state index contributed by atoms with van der Waals surface area (Å²) < 4.78 is 0. The minimum absolute atomic E-state index is 0.905. The van der Waals surface area contributed by atoms with Crippen molar-refractivity contribution in [3.63, 3.8) is 0 Å². The van der Waals surface area contributed by atoms with E-state index in [1.54, 1.807) is 12.3 Å². The third-order valence-corrected chi connectivity index (χ3v) is 2.50. The molecule has 1 N–H and O–H groups in total. The van der Waals surface area contributed by atoms with Gasteiger partial charge in [0.05, 0.1) is 0 Å². The first kappa shape index (κ1) is 11.3. The Hall–Kier alpha value is -2.22. The smallest absolute Gasteiger partial charge is 0.0303 e. The standard InChI is InChI=1S/C15H14N2/c16-9-1-3-13-5-7-14(8-6-13)11-15-4-2-10-17-12-15/h1-10,12,16H,11H2/b3-1+,16-9?. The zero-order chi connectivity index (χ0) is 11.9. The van der Waals surface area contributed by atoms with Gasteiger partial charge in [0.15, 0.2) is 0 Å². The molecule has 0 saturated heterocycles. The third kappa shape index (κ3) is 3.38. The molecule has 2 aromatic rings. The number of hydrogen-bond acceptors (Lipinski definition) is 2. The highest BCUT2D eigenvalue weighted by Gasteiger charge is 1.95. The lowest BCUT2D eigenvalue weighted by molar-refractivity contribution is 1.14. The number of hydrogen-bond donors (Lipinski definition) is 1. The van der Waals surface area contributed by atoms with Gasteiger partial charge in [-0.1, -0.05) is 36.4 Å². The zero-order valence-electron chi connectivity index (χ0n) is 9.51. The van der Waals surface area contributed by atoms with Gasteiger partial charge in [-0.2, -0.15) is 0 Å². The van der Waals surface area contributed by atoms with Gasteiger partial charge in [-0.3, -0.25) is 4.98 Å². The topological polar surface area (TPSA) is 36.7 Å². The van der Waals surface area contributed by atoms with Crippen LogP contribution >= 0.6 is 0 Å². The predicted octanol–water partition coefficient (Wildman–Crippen LogP) is 3.34. The van der Waals surface area contributed by atoms with E-state index in [0.717, 1.165) is 12.0 Å². The Kier molecular flexibility index (Phi) is 3.81. The van der Waals surface area contributed by atoms with E-state index < -0.39 is 0 Å². The summed E-state index contributed by atoms with van der Waals surface area (Å²) in [6, 6.07) is 12.4. The number of nitrogens with zero attached hydrogens (tertiary/aromatic N) is 1. The van der Waals surface area contributed by atoms with Crippen LogP contribution in [0.5, 0.6) is 0 Å². The third-order valence-electron chi connectivity index (χ3n) is 2.50. The van der Waals surface area contributed by atoms with Gasteiger partial charge in [-0.05, 0) is 35.3 Å². The summed E-state index contributed by atoms with van der Waals surface area (Å²) >= 11 is 0. The number of allylic oxidation sites excluding steroid dienone is 1. The molecule has 0 bridgehead atoms. The first-order valence-electron chi connectivity index (χ1n) is 5.53. The highest BCUT2D eigenvalue weighted by molar-refractivity contribution is 5.75. The van der Waals surface area contributed by atoms with Crippen molar-refractivity contribution in [1.82, 2.24) is 4.98 Å². The van der Waals surface area contributed by atoms with E-state index in [4.69, 9.17) is 5.41 Å².